The lowest BCUT2D eigenvalue weighted by molar-refractivity contribution is -0.114. The first-order valence-electron chi connectivity index (χ1n) is 5.45. The number of hydrogen-bond acceptors (Lipinski definition) is 3. The second-order valence-electron chi connectivity index (χ2n) is 4.04. The number of nitrogens with zero attached hydrogens (tertiary/aromatic N) is 1. The number of carbonyl (C=O) groups excluding carboxylic acids is 1. The predicted octanol–water partition coefficient (Wildman–Crippen LogP) is 4.26. The lowest BCUT2D eigenvalue weighted by Crippen LogP contribution is -2.06. The summed E-state index contributed by atoms with van der Waals surface area (Å²) in [6.07, 6.45) is 0.710. The molecule has 0 aromatic heterocycles. The Morgan fingerprint density at radius 2 is 2.06 bits per heavy atom. The van der Waals surface area contributed by atoms with Gasteiger partial charge in [0.05, 0.1) is 22.0 Å². The lowest BCUT2D eigenvalue weighted by atomic mass is 10.1. The van der Waals surface area contributed by atoms with Crippen LogP contribution in [0.4, 0.5) is 5.69 Å². The number of aliphatic hydroxyl groups is 1. The molecule has 0 amide bonds. The van der Waals surface area contributed by atoms with Gasteiger partial charge in [0.15, 0.2) is 5.78 Å². The molecule has 0 heterocycles. The number of allylic oxidation sites excluding steroid dienone is 2. The van der Waals surface area contributed by atoms with Crippen LogP contribution in [0, 0.1) is 0 Å². The normalized spacial score (nSPS) is 16.6. The van der Waals surface area contributed by atoms with Crippen LogP contribution in [0.15, 0.2) is 34.5 Å². The molecule has 94 valence electrons. The number of rotatable bonds is 2. The van der Waals surface area contributed by atoms with E-state index >= 15 is 0 Å². The molecular weight excluding hydrogens is 273 g/mol. The molecule has 18 heavy (non-hydrogen) atoms. The average Bonchev–Trinajstić information content (AvgIpc) is 2.63. The van der Waals surface area contributed by atoms with Crippen LogP contribution in [0.2, 0.25) is 10.0 Å². The number of Topliss-reactive ketones (excluding diaryl/α,β-unsaturated/α-hetero) is 1. The molecule has 1 aromatic rings. The van der Waals surface area contributed by atoms with E-state index in [1.807, 2.05) is 0 Å². The van der Waals surface area contributed by atoms with Crippen LogP contribution in [-0.4, -0.2) is 16.6 Å². The van der Waals surface area contributed by atoms with Crippen molar-refractivity contribution >= 4 is 40.4 Å². The summed E-state index contributed by atoms with van der Waals surface area (Å²) in [7, 11) is 0. The van der Waals surface area contributed by atoms with E-state index in [2.05, 4.69) is 4.99 Å². The van der Waals surface area contributed by atoms with Crippen LogP contribution in [0.5, 0.6) is 0 Å². The topological polar surface area (TPSA) is 49.7 Å². The molecule has 1 aliphatic carbocycles. The second kappa shape index (κ2) is 5.12. The number of hydrogen-bond donors (Lipinski definition) is 1. The molecule has 1 N–H and O–H groups in total. The minimum absolute atomic E-state index is 0.0908. The zero-order valence-electron chi connectivity index (χ0n) is 9.70. The fraction of sp³-hybridized carbons (Fsp3) is 0.231. The molecule has 0 fully saturated rings. The van der Waals surface area contributed by atoms with Gasteiger partial charge in [0.2, 0.25) is 0 Å². The van der Waals surface area contributed by atoms with Crippen LogP contribution in [0.1, 0.15) is 19.8 Å². The highest BCUT2D eigenvalue weighted by atomic mass is 35.5. The monoisotopic (exact) mass is 283 g/mol. The van der Waals surface area contributed by atoms with Crippen molar-refractivity contribution in [3.05, 3.63) is 39.6 Å². The standard InChI is InChI=1S/C13H11Cl2NO2/c1-7(13-11(17)4-5-12(13)18)16-10-6-8(14)2-3-9(10)15/h2-3,6,17H,4-5H2,1H3. The zero-order chi connectivity index (χ0) is 13.3. The quantitative estimate of drug-likeness (QED) is 0.825. The molecule has 0 saturated carbocycles. The largest absolute Gasteiger partial charge is 0.511 e. The van der Waals surface area contributed by atoms with Gasteiger partial charge in [-0.15, -0.1) is 0 Å². The number of benzene rings is 1. The van der Waals surface area contributed by atoms with E-state index in [0.717, 1.165) is 0 Å². The van der Waals surface area contributed by atoms with Gasteiger partial charge in [-0.05, 0) is 25.1 Å². The average molecular weight is 284 g/mol. The Morgan fingerprint density at radius 3 is 2.67 bits per heavy atom. The fourth-order valence-corrected chi connectivity index (χ4v) is 2.19. The van der Waals surface area contributed by atoms with Crippen LogP contribution in [-0.2, 0) is 4.79 Å². The molecule has 0 saturated heterocycles. The third-order valence-electron chi connectivity index (χ3n) is 2.71. The van der Waals surface area contributed by atoms with Gasteiger partial charge in [-0.25, -0.2) is 0 Å². The van der Waals surface area contributed by atoms with Crippen LogP contribution < -0.4 is 0 Å². The Labute approximate surface area is 115 Å². The first-order chi connectivity index (χ1) is 8.49. The molecule has 1 aromatic carbocycles. The van der Waals surface area contributed by atoms with Gasteiger partial charge in [0, 0.05) is 17.9 Å². The number of ketones is 1. The molecule has 0 bridgehead atoms. The van der Waals surface area contributed by atoms with Gasteiger partial charge in [0.1, 0.15) is 5.76 Å². The number of halogens is 2. The van der Waals surface area contributed by atoms with Crippen molar-refractivity contribution < 1.29 is 9.90 Å². The lowest BCUT2D eigenvalue weighted by Gasteiger charge is -2.04. The van der Waals surface area contributed by atoms with Gasteiger partial charge < -0.3 is 5.11 Å². The molecule has 5 heteroatoms. The highest BCUT2D eigenvalue weighted by Gasteiger charge is 2.24. The van der Waals surface area contributed by atoms with Crippen molar-refractivity contribution in [3.8, 4) is 0 Å². The number of aliphatic hydroxyl groups excluding tert-OH is 1. The van der Waals surface area contributed by atoms with E-state index in [9.17, 15) is 9.90 Å². The maximum Gasteiger partial charge on any atom is 0.168 e. The predicted molar refractivity (Wildman–Crippen MR) is 73.1 cm³/mol. The zero-order valence-corrected chi connectivity index (χ0v) is 11.2. The van der Waals surface area contributed by atoms with Crippen molar-refractivity contribution in [2.24, 2.45) is 4.99 Å². The summed E-state index contributed by atoms with van der Waals surface area (Å²) >= 11 is 11.9. The Bertz CT molecular complexity index is 576. The van der Waals surface area contributed by atoms with E-state index in [0.29, 0.717) is 39.9 Å². The van der Waals surface area contributed by atoms with E-state index in [4.69, 9.17) is 23.2 Å². The summed E-state index contributed by atoms with van der Waals surface area (Å²) in [4.78, 5) is 15.9. The van der Waals surface area contributed by atoms with E-state index in [-0.39, 0.29) is 11.5 Å². The number of aliphatic imine (C=N–C) groups is 1. The Hall–Kier alpha value is -1.32. The van der Waals surface area contributed by atoms with Crippen molar-refractivity contribution in [1.29, 1.82) is 0 Å². The molecule has 3 nitrogen and oxygen atoms in total. The Kier molecular flexibility index (Phi) is 3.73. The molecule has 0 radical (unpaired) electrons. The van der Waals surface area contributed by atoms with Crippen molar-refractivity contribution in [3.63, 3.8) is 0 Å². The number of carbonyl (C=O) groups is 1. The minimum atomic E-state index is -0.0908. The molecule has 0 aliphatic heterocycles. The maximum absolute atomic E-state index is 11.6. The van der Waals surface area contributed by atoms with Gasteiger partial charge >= 0.3 is 0 Å². The molecule has 2 rings (SSSR count). The van der Waals surface area contributed by atoms with Crippen LogP contribution >= 0.6 is 23.2 Å². The fourth-order valence-electron chi connectivity index (χ4n) is 1.86. The van der Waals surface area contributed by atoms with Gasteiger partial charge in [-0.3, -0.25) is 9.79 Å². The van der Waals surface area contributed by atoms with E-state index in [1.54, 1.807) is 25.1 Å². The van der Waals surface area contributed by atoms with Crippen molar-refractivity contribution in [2.75, 3.05) is 0 Å². The summed E-state index contributed by atoms with van der Waals surface area (Å²) in [6.45, 7) is 1.67. The maximum atomic E-state index is 11.6. The molecule has 0 spiro atoms. The summed E-state index contributed by atoms with van der Waals surface area (Å²) in [5.41, 5.74) is 1.24. The molecule has 0 atom stereocenters. The first-order valence-corrected chi connectivity index (χ1v) is 6.20. The first kappa shape index (κ1) is 13.1. The third kappa shape index (κ3) is 2.57. The summed E-state index contributed by atoms with van der Waals surface area (Å²) in [5, 5.41) is 10.6. The highest BCUT2D eigenvalue weighted by Crippen LogP contribution is 2.30. The SMILES string of the molecule is CC(=Nc1cc(Cl)ccc1Cl)C1=C(O)CCC1=O. The molecule has 1 aliphatic rings. The van der Waals surface area contributed by atoms with Gasteiger partial charge in [0.25, 0.3) is 0 Å². The van der Waals surface area contributed by atoms with Crippen molar-refractivity contribution in [1.82, 2.24) is 0 Å². The van der Waals surface area contributed by atoms with Crippen molar-refractivity contribution in [2.45, 2.75) is 19.8 Å². The second-order valence-corrected chi connectivity index (χ2v) is 4.88. The van der Waals surface area contributed by atoms with Crippen LogP contribution in [0.25, 0.3) is 0 Å². The Balaban J connectivity index is 2.42. The Morgan fingerprint density at radius 1 is 1.33 bits per heavy atom. The summed E-state index contributed by atoms with van der Waals surface area (Å²) < 4.78 is 0. The summed E-state index contributed by atoms with van der Waals surface area (Å²) in [6, 6.07) is 4.92. The molecule has 0 unspecified atom stereocenters. The third-order valence-corrected chi connectivity index (χ3v) is 3.27. The minimum Gasteiger partial charge on any atom is -0.511 e. The van der Waals surface area contributed by atoms with E-state index < -0.39 is 0 Å². The molecular formula is C13H11Cl2NO2. The van der Waals surface area contributed by atoms with Gasteiger partial charge in [-0.1, -0.05) is 23.2 Å². The van der Waals surface area contributed by atoms with Crippen LogP contribution in [0.3, 0.4) is 0 Å². The summed E-state index contributed by atoms with van der Waals surface area (Å²) in [5.74, 6) is 0.00583. The van der Waals surface area contributed by atoms with E-state index in [1.165, 1.54) is 0 Å². The van der Waals surface area contributed by atoms with Gasteiger partial charge in [-0.2, -0.15) is 0 Å². The highest BCUT2D eigenvalue weighted by molar-refractivity contribution is 6.35. The smallest absolute Gasteiger partial charge is 0.168 e.